The van der Waals surface area contributed by atoms with Crippen molar-refractivity contribution < 1.29 is 24.2 Å². The number of alkyl carbamates (subject to hydrolysis) is 1. The van der Waals surface area contributed by atoms with Gasteiger partial charge < -0.3 is 20.1 Å². The number of nitrogens with zero attached hydrogens (tertiary/aromatic N) is 2. The summed E-state index contributed by atoms with van der Waals surface area (Å²) < 4.78 is 9.65. The maximum absolute atomic E-state index is 12.8. The predicted molar refractivity (Wildman–Crippen MR) is 134 cm³/mol. The van der Waals surface area contributed by atoms with Crippen LogP contribution >= 0.6 is 11.5 Å². The first-order chi connectivity index (χ1) is 16.8. The first-order valence-corrected chi connectivity index (χ1v) is 12.2. The highest BCUT2D eigenvalue weighted by Crippen LogP contribution is 2.44. The first kappa shape index (κ1) is 24.4. The summed E-state index contributed by atoms with van der Waals surface area (Å²) in [6, 6.07) is 15.8. The summed E-state index contributed by atoms with van der Waals surface area (Å²) in [6.45, 7) is 3.64. The van der Waals surface area contributed by atoms with Crippen molar-refractivity contribution in [2.24, 2.45) is 0 Å². The number of carbonyl (C=O) groups excluding carboxylic acids is 2. The van der Waals surface area contributed by atoms with Crippen molar-refractivity contribution in [1.82, 2.24) is 9.69 Å². The molecule has 182 valence electrons. The lowest BCUT2D eigenvalue weighted by Gasteiger charge is -2.21. The van der Waals surface area contributed by atoms with E-state index in [-0.39, 0.29) is 35.4 Å². The standard InChI is InChI=1S/C26H27N3O5S/c1-4-16(13-22(30)29(3)24-23(25(31)32)15(2)28-35-24)27-26(33)34-14-21-19-11-7-5-9-17(19)18-10-6-8-12-20(18)21/h5-12,16,21H,4,13-14H2,1-3H3,(H,27,33)(H,31,32). The number of hydrogen-bond acceptors (Lipinski definition) is 6. The fourth-order valence-corrected chi connectivity index (χ4v) is 5.26. The van der Waals surface area contributed by atoms with E-state index in [1.54, 1.807) is 6.92 Å². The Morgan fingerprint density at radius 3 is 2.29 bits per heavy atom. The third kappa shape index (κ3) is 4.90. The number of hydrogen-bond donors (Lipinski definition) is 2. The number of rotatable bonds is 8. The zero-order valence-corrected chi connectivity index (χ0v) is 20.6. The van der Waals surface area contributed by atoms with Crippen molar-refractivity contribution in [2.75, 3.05) is 18.6 Å². The molecule has 1 unspecified atom stereocenters. The van der Waals surface area contributed by atoms with E-state index in [1.807, 2.05) is 31.2 Å². The van der Waals surface area contributed by atoms with Crippen molar-refractivity contribution >= 4 is 34.5 Å². The Labute approximate surface area is 207 Å². The molecular weight excluding hydrogens is 466 g/mol. The fourth-order valence-electron chi connectivity index (χ4n) is 4.40. The van der Waals surface area contributed by atoms with Gasteiger partial charge in [-0.25, -0.2) is 9.59 Å². The van der Waals surface area contributed by atoms with Crippen molar-refractivity contribution in [1.29, 1.82) is 0 Å². The molecule has 9 heteroatoms. The minimum atomic E-state index is -1.13. The van der Waals surface area contributed by atoms with Crippen LogP contribution in [0.5, 0.6) is 0 Å². The fraction of sp³-hybridized carbons (Fsp3) is 0.308. The second kappa shape index (κ2) is 10.3. The molecule has 0 saturated heterocycles. The summed E-state index contributed by atoms with van der Waals surface area (Å²) >= 11 is 0.963. The minimum absolute atomic E-state index is 0.00714. The van der Waals surface area contributed by atoms with Gasteiger partial charge in [-0.05, 0) is 47.1 Å². The molecule has 35 heavy (non-hydrogen) atoms. The first-order valence-electron chi connectivity index (χ1n) is 11.4. The van der Waals surface area contributed by atoms with Gasteiger partial charge in [-0.3, -0.25) is 4.79 Å². The molecule has 1 heterocycles. The molecule has 1 aliphatic rings. The number of carbonyl (C=O) groups is 3. The predicted octanol–water partition coefficient (Wildman–Crippen LogP) is 4.82. The van der Waals surface area contributed by atoms with Gasteiger partial charge in [-0.15, -0.1) is 0 Å². The van der Waals surface area contributed by atoms with Gasteiger partial charge in [0, 0.05) is 25.4 Å². The smallest absolute Gasteiger partial charge is 0.407 e. The van der Waals surface area contributed by atoms with Gasteiger partial charge in [0.05, 0.1) is 5.69 Å². The van der Waals surface area contributed by atoms with Crippen LogP contribution in [0, 0.1) is 6.92 Å². The topological polar surface area (TPSA) is 109 Å². The number of fused-ring (bicyclic) bond motifs is 3. The number of anilines is 1. The molecule has 1 aromatic heterocycles. The maximum atomic E-state index is 12.8. The molecule has 1 atom stereocenters. The van der Waals surface area contributed by atoms with E-state index in [9.17, 15) is 19.5 Å². The van der Waals surface area contributed by atoms with E-state index in [0.29, 0.717) is 12.1 Å². The number of nitrogens with one attached hydrogen (secondary N) is 1. The summed E-state index contributed by atoms with van der Waals surface area (Å²) in [5.41, 5.74) is 4.93. The van der Waals surface area contributed by atoms with Gasteiger partial charge in [0.15, 0.2) is 0 Å². The number of amides is 2. The van der Waals surface area contributed by atoms with Gasteiger partial charge >= 0.3 is 12.1 Å². The number of aromatic carboxylic acids is 1. The highest BCUT2D eigenvalue weighted by Gasteiger charge is 2.30. The van der Waals surface area contributed by atoms with Gasteiger partial charge in [-0.2, -0.15) is 4.37 Å². The number of carboxylic acids is 1. The zero-order valence-electron chi connectivity index (χ0n) is 19.8. The van der Waals surface area contributed by atoms with Gasteiger partial charge in [-0.1, -0.05) is 55.5 Å². The Bertz CT molecular complexity index is 1230. The summed E-state index contributed by atoms with van der Waals surface area (Å²) in [4.78, 5) is 38.3. The van der Waals surface area contributed by atoms with Gasteiger partial charge in [0.2, 0.25) is 5.91 Å². The molecule has 0 radical (unpaired) electrons. The highest BCUT2D eigenvalue weighted by molar-refractivity contribution is 7.11. The Morgan fingerprint density at radius 2 is 1.71 bits per heavy atom. The lowest BCUT2D eigenvalue weighted by molar-refractivity contribution is -0.118. The van der Waals surface area contributed by atoms with Crippen LogP contribution in [0.4, 0.5) is 9.80 Å². The molecule has 0 fully saturated rings. The lowest BCUT2D eigenvalue weighted by atomic mass is 9.98. The van der Waals surface area contributed by atoms with Crippen LogP contribution in [-0.4, -0.2) is 47.1 Å². The summed E-state index contributed by atoms with van der Waals surface area (Å²) in [5.74, 6) is -1.50. The second-order valence-corrected chi connectivity index (χ2v) is 9.24. The Morgan fingerprint density at radius 1 is 1.11 bits per heavy atom. The Hall–Kier alpha value is -3.72. The molecule has 0 saturated carbocycles. The van der Waals surface area contributed by atoms with Gasteiger partial charge in [0.1, 0.15) is 17.2 Å². The molecule has 2 N–H and O–H groups in total. The molecule has 3 aromatic rings. The third-order valence-corrected chi connectivity index (χ3v) is 7.33. The minimum Gasteiger partial charge on any atom is -0.478 e. The van der Waals surface area contributed by atoms with Crippen molar-refractivity contribution in [3.05, 3.63) is 70.9 Å². The molecular formula is C26H27N3O5S. The van der Waals surface area contributed by atoms with Crippen LogP contribution in [0.1, 0.15) is 52.9 Å². The maximum Gasteiger partial charge on any atom is 0.407 e. The van der Waals surface area contributed by atoms with E-state index in [1.165, 1.54) is 11.9 Å². The summed E-state index contributed by atoms with van der Waals surface area (Å²) in [6.07, 6.45) is -0.0705. The highest BCUT2D eigenvalue weighted by atomic mass is 32.1. The third-order valence-electron chi connectivity index (χ3n) is 6.32. The van der Waals surface area contributed by atoms with E-state index in [0.717, 1.165) is 33.8 Å². The normalized spacial score (nSPS) is 13.0. The van der Waals surface area contributed by atoms with Crippen LogP contribution in [0.25, 0.3) is 11.1 Å². The van der Waals surface area contributed by atoms with Crippen molar-refractivity contribution in [2.45, 2.75) is 38.6 Å². The monoisotopic (exact) mass is 493 g/mol. The largest absolute Gasteiger partial charge is 0.478 e. The molecule has 2 amide bonds. The molecule has 8 nitrogen and oxygen atoms in total. The summed E-state index contributed by atoms with van der Waals surface area (Å²) in [5, 5.41) is 12.5. The average Bonchev–Trinajstić information content (AvgIpc) is 3.39. The van der Waals surface area contributed by atoms with E-state index < -0.39 is 18.1 Å². The number of benzene rings is 2. The molecule has 2 aromatic carbocycles. The molecule has 0 spiro atoms. The van der Waals surface area contributed by atoms with Crippen LogP contribution in [0.2, 0.25) is 0 Å². The Kier molecular flexibility index (Phi) is 7.16. The molecule has 0 aliphatic heterocycles. The molecule has 0 bridgehead atoms. The number of carboxylic acid groups (broad SMARTS) is 1. The second-order valence-electron chi connectivity index (χ2n) is 8.49. The quantitative estimate of drug-likeness (QED) is 0.466. The summed E-state index contributed by atoms with van der Waals surface area (Å²) in [7, 11) is 1.52. The van der Waals surface area contributed by atoms with Crippen LogP contribution < -0.4 is 10.2 Å². The van der Waals surface area contributed by atoms with E-state index in [4.69, 9.17) is 4.74 Å². The number of aromatic nitrogens is 1. The average molecular weight is 494 g/mol. The Balaban J connectivity index is 1.37. The van der Waals surface area contributed by atoms with Crippen molar-refractivity contribution in [3.63, 3.8) is 0 Å². The lowest BCUT2D eigenvalue weighted by Crippen LogP contribution is -2.40. The zero-order chi connectivity index (χ0) is 25.1. The van der Waals surface area contributed by atoms with Gasteiger partial charge in [0.25, 0.3) is 0 Å². The number of aryl methyl sites for hydroxylation is 1. The van der Waals surface area contributed by atoms with E-state index >= 15 is 0 Å². The van der Waals surface area contributed by atoms with E-state index in [2.05, 4.69) is 34.0 Å². The SMILES string of the molecule is CCC(CC(=O)N(C)c1snc(C)c1C(=O)O)NC(=O)OCC1c2ccccc2-c2ccccc21. The van der Waals surface area contributed by atoms with Crippen molar-refractivity contribution in [3.8, 4) is 11.1 Å². The van der Waals surface area contributed by atoms with Crippen LogP contribution in [0.15, 0.2) is 48.5 Å². The molecule has 1 aliphatic carbocycles. The molecule has 4 rings (SSSR count). The van der Waals surface area contributed by atoms with Crippen LogP contribution in [0.3, 0.4) is 0 Å². The van der Waals surface area contributed by atoms with Crippen LogP contribution in [-0.2, 0) is 9.53 Å². The number of ether oxygens (including phenoxy) is 1.